The van der Waals surface area contributed by atoms with Gasteiger partial charge in [-0.15, -0.1) is 12.4 Å². The van der Waals surface area contributed by atoms with Gasteiger partial charge in [0.05, 0.1) is 0 Å². The van der Waals surface area contributed by atoms with Crippen molar-refractivity contribution >= 4 is 30.2 Å². The Labute approximate surface area is 202 Å². The molecule has 2 rings (SSSR count). The molecular weight excluding hydrogens is 446 g/mol. The Hall–Kier alpha value is -2.16. The van der Waals surface area contributed by atoms with Gasteiger partial charge in [0.2, 0.25) is 5.91 Å². The van der Waals surface area contributed by atoms with Crippen LogP contribution in [0.2, 0.25) is 0 Å². The van der Waals surface area contributed by atoms with E-state index < -0.39 is 36.0 Å². The highest BCUT2D eigenvalue weighted by molar-refractivity contribution is 5.92. The molecule has 1 heterocycles. The minimum Gasteiger partial charge on any atom is -0.459 e. The Morgan fingerprint density at radius 2 is 1.76 bits per heavy atom. The molecule has 1 aliphatic rings. The zero-order valence-corrected chi connectivity index (χ0v) is 20.7. The van der Waals surface area contributed by atoms with E-state index in [1.54, 1.807) is 0 Å². The lowest BCUT2D eigenvalue weighted by molar-refractivity contribution is -0.150. The van der Waals surface area contributed by atoms with Crippen LogP contribution in [0.15, 0.2) is 30.3 Å². The number of aliphatic hydroxyl groups excluding tert-OH is 1. The molecule has 0 bridgehead atoms. The van der Waals surface area contributed by atoms with Crippen molar-refractivity contribution in [3.05, 3.63) is 35.9 Å². The van der Waals surface area contributed by atoms with Crippen molar-refractivity contribution in [2.75, 3.05) is 6.54 Å². The molecule has 0 radical (unpaired) electrons. The molecule has 0 aliphatic carbocycles. The lowest BCUT2D eigenvalue weighted by Gasteiger charge is -2.27. The molecule has 4 atom stereocenters. The summed E-state index contributed by atoms with van der Waals surface area (Å²) in [6, 6.07) is 7.30. The first-order valence-corrected chi connectivity index (χ1v) is 11.4. The summed E-state index contributed by atoms with van der Waals surface area (Å²) in [5, 5.41) is 18.9. The van der Waals surface area contributed by atoms with Crippen LogP contribution in [0.5, 0.6) is 0 Å². The number of halogens is 1. The zero-order chi connectivity index (χ0) is 23.7. The van der Waals surface area contributed by atoms with Gasteiger partial charge >= 0.3 is 5.97 Å². The maximum atomic E-state index is 13.0. The number of hydrogen-bond donors (Lipinski definition) is 4. The van der Waals surface area contributed by atoms with Crippen molar-refractivity contribution in [2.45, 2.75) is 77.8 Å². The Balaban J connectivity index is 0.00000544. The monoisotopic (exact) mass is 483 g/mol. The quantitative estimate of drug-likeness (QED) is 0.357. The topological polar surface area (TPSA) is 117 Å². The van der Waals surface area contributed by atoms with Crippen LogP contribution in [0.25, 0.3) is 0 Å². The Bertz CT molecular complexity index is 754. The Kier molecular flexibility index (Phi) is 12.4. The number of rotatable bonds is 11. The molecule has 2 amide bonds. The van der Waals surface area contributed by atoms with Crippen LogP contribution in [-0.2, 0) is 25.7 Å². The van der Waals surface area contributed by atoms with E-state index in [0.717, 1.165) is 18.5 Å². The third-order valence-corrected chi connectivity index (χ3v) is 5.53. The Morgan fingerprint density at radius 3 is 2.30 bits per heavy atom. The summed E-state index contributed by atoms with van der Waals surface area (Å²) in [6.45, 7) is 8.39. The van der Waals surface area contributed by atoms with Crippen molar-refractivity contribution in [2.24, 2.45) is 11.8 Å². The average molecular weight is 484 g/mol. The van der Waals surface area contributed by atoms with Crippen LogP contribution in [0.1, 0.15) is 52.5 Å². The highest BCUT2D eigenvalue weighted by Crippen LogP contribution is 2.13. The molecule has 1 aliphatic heterocycles. The molecule has 33 heavy (non-hydrogen) atoms. The molecule has 1 aromatic rings. The second-order valence-corrected chi connectivity index (χ2v) is 9.16. The van der Waals surface area contributed by atoms with Crippen molar-refractivity contribution in [3.8, 4) is 0 Å². The van der Waals surface area contributed by atoms with Crippen LogP contribution in [0.3, 0.4) is 0 Å². The fourth-order valence-electron chi connectivity index (χ4n) is 3.69. The largest absolute Gasteiger partial charge is 0.459 e. The normalized spacial score (nSPS) is 18.2. The van der Waals surface area contributed by atoms with E-state index in [1.165, 1.54) is 0 Å². The number of hydrogen-bond acceptors (Lipinski definition) is 6. The van der Waals surface area contributed by atoms with E-state index in [1.807, 2.05) is 58.0 Å². The number of nitrogens with one attached hydrogen (secondary N) is 3. The first-order chi connectivity index (χ1) is 15.2. The van der Waals surface area contributed by atoms with E-state index in [0.29, 0.717) is 12.8 Å². The molecule has 0 aromatic heterocycles. The van der Waals surface area contributed by atoms with Crippen molar-refractivity contribution in [3.63, 3.8) is 0 Å². The number of esters is 1. The molecular formula is C24H38ClN3O5. The molecule has 186 valence electrons. The van der Waals surface area contributed by atoms with Gasteiger partial charge in [-0.05, 0) is 43.2 Å². The van der Waals surface area contributed by atoms with Crippen molar-refractivity contribution in [1.29, 1.82) is 0 Å². The third-order valence-electron chi connectivity index (χ3n) is 5.53. The van der Waals surface area contributed by atoms with E-state index in [2.05, 4.69) is 16.0 Å². The lowest BCUT2D eigenvalue weighted by atomic mass is 9.99. The van der Waals surface area contributed by atoms with Crippen LogP contribution < -0.4 is 16.0 Å². The van der Waals surface area contributed by atoms with Gasteiger partial charge < -0.3 is 25.8 Å². The number of aliphatic hydroxyl groups is 1. The van der Waals surface area contributed by atoms with Gasteiger partial charge in [-0.2, -0.15) is 0 Å². The van der Waals surface area contributed by atoms with Gasteiger partial charge in [0.1, 0.15) is 24.8 Å². The number of carbonyl (C=O) groups is 3. The molecule has 1 saturated heterocycles. The van der Waals surface area contributed by atoms with Crippen LogP contribution in [0, 0.1) is 11.8 Å². The standard InChI is InChI=1S/C24H37N3O5.ClH/c1-15(2)13-19(26-23(30)21(28)18-11-8-12-25-18)22(29)27-20(16(3)4)24(31)32-14-17-9-6-5-7-10-17;/h5-7,9-10,15-16,18-21,25,28H,8,11-14H2,1-4H3,(H,26,30)(H,27,29);1H/t18?,19-,20?,21?;/m1./s1. The lowest BCUT2D eigenvalue weighted by Crippen LogP contribution is -2.56. The van der Waals surface area contributed by atoms with E-state index in [4.69, 9.17) is 4.74 Å². The maximum absolute atomic E-state index is 13.0. The zero-order valence-electron chi connectivity index (χ0n) is 19.9. The van der Waals surface area contributed by atoms with Crippen LogP contribution >= 0.6 is 12.4 Å². The highest BCUT2D eigenvalue weighted by Gasteiger charge is 2.33. The van der Waals surface area contributed by atoms with Gasteiger partial charge in [0.25, 0.3) is 5.91 Å². The van der Waals surface area contributed by atoms with E-state index >= 15 is 0 Å². The molecule has 0 saturated carbocycles. The average Bonchev–Trinajstić information content (AvgIpc) is 3.29. The summed E-state index contributed by atoms with van der Waals surface area (Å²) in [7, 11) is 0. The molecule has 4 N–H and O–H groups in total. The molecule has 0 spiro atoms. The molecule has 8 nitrogen and oxygen atoms in total. The summed E-state index contributed by atoms with van der Waals surface area (Å²) >= 11 is 0. The van der Waals surface area contributed by atoms with Crippen LogP contribution in [0.4, 0.5) is 0 Å². The smallest absolute Gasteiger partial charge is 0.329 e. The third kappa shape index (κ3) is 9.31. The van der Waals surface area contributed by atoms with Crippen molar-refractivity contribution < 1.29 is 24.2 Å². The molecule has 9 heteroatoms. The highest BCUT2D eigenvalue weighted by atomic mass is 35.5. The predicted molar refractivity (Wildman–Crippen MR) is 129 cm³/mol. The first-order valence-electron chi connectivity index (χ1n) is 11.4. The minimum atomic E-state index is -1.23. The second-order valence-electron chi connectivity index (χ2n) is 9.16. The summed E-state index contributed by atoms with van der Waals surface area (Å²) in [5.41, 5.74) is 0.856. The fraction of sp³-hybridized carbons (Fsp3) is 0.625. The van der Waals surface area contributed by atoms with Gasteiger partial charge in [-0.1, -0.05) is 58.0 Å². The van der Waals surface area contributed by atoms with Gasteiger partial charge in [-0.25, -0.2) is 4.79 Å². The summed E-state index contributed by atoms with van der Waals surface area (Å²) in [5.74, 6) is -1.66. The fourth-order valence-corrected chi connectivity index (χ4v) is 3.69. The van der Waals surface area contributed by atoms with Crippen molar-refractivity contribution in [1.82, 2.24) is 16.0 Å². The van der Waals surface area contributed by atoms with Gasteiger partial charge in [0, 0.05) is 6.04 Å². The molecule has 1 fully saturated rings. The number of ether oxygens (including phenoxy) is 1. The minimum absolute atomic E-state index is 0. The molecule has 3 unspecified atom stereocenters. The van der Waals surface area contributed by atoms with E-state index in [9.17, 15) is 19.5 Å². The predicted octanol–water partition coefficient (Wildman–Crippen LogP) is 1.94. The summed E-state index contributed by atoms with van der Waals surface area (Å²) < 4.78 is 5.41. The SMILES string of the molecule is CC(C)C[C@@H](NC(=O)C(O)C1CCCN1)C(=O)NC(C(=O)OCc1ccccc1)C(C)C.Cl. The van der Waals surface area contributed by atoms with Crippen LogP contribution in [-0.4, -0.2) is 53.7 Å². The van der Waals surface area contributed by atoms with E-state index in [-0.39, 0.29) is 36.9 Å². The van der Waals surface area contributed by atoms with Gasteiger partial charge in [0.15, 0.2) is 0 Å². The number of benzene rings is 1. The Morgan fingerprint density at radius 1 is 1.09 bits per heavy atom. The van der Waals surface area contributed by atoms with Gasteiger partial charge in [-0.3, -0.25) is 9.59 Å². The summed E-state index contributed by atoms with van der Waals surface area (Å²) in [4.78, 5) is 38.3. The maximum Gasteiger partial charge on any atom is 0.329 e. The molecule has 1 aromatic carbocycles. The summed E-state index contributed by atoms with van der Waals surface area (Å²) in [6.07, 6.45) is 0.758. The number of carbonyl (C=O) groups excluding carboxylic acids is 3. The second kappa shape index (κ2) is 14.2. The first kappa shape index (κ1) is 28.9. The number of amides is 2.